The summed E-state index contributed by atoms with van der Waals surface area (Å²) < 4.78 is 27.5. The first-order valence-electron chi connectivity index (χ1n) is 7.23. The fourth-order valence-corrected chi connectivity index (χ4v) is 4.01. The van der Waals surface area contributed by atoms with Gasteiger partial charge < -0.3 is 0 Å². The lowest BCUT2D eigenvalue weighted by Crippen LogP contribution is -2.23. The third kappa shape index (κ3) is 3.69. The van der Waals surface area contributed by atoms with Crippen molar-refractivity contribution in [3.63, 3.8) is 0 Å². The van der Waals surface area contributed by atoms with Crippen molar-refractivity contribution in [1.82, 2.24) is 4.72 Å². The van der Waals surface area contributed by atoms with Crippen LogP contribution >= 0.6 is 11.3 Å². The smallest absolute Gasteiger partial charge is 0.207 e. The van der Waals surface area contributed by atoms with Gasteiger partial charge in [0, 0.05) is 6.54 Å². The van der Waals surface area contributed by atoms with Gasteiger partial charge in [0.2, 0.25) is 10.0 Å². The Morgan fingerprint density at radius 3 is 2.43 bits per heavy atom. The Kier molecular flexibility index (Phi) is 4.61. The molecule has 0 spiro atoms. The van der Waals surface area contributed by atoms with Crippen LogP contribution in [0.1, 0.15) is 11.1 Å². The Morgan fingerprint density at radius 1 is 1.00 bits per heavy atom. The normalized spacial score (nSPS) is 11.5. The fourth-order valence-electron chi connectivity index (χ4n) is 2.35. The third-order valence-electron chi connectivity index (χ3n) is 3.63. The Balaban J connectivity index is 1.82. The van der Waals surface area contributed by atoms with Gasteiger partial charge in [0.05, 0.1) is 4.90 Å². The topological polar surface area (TPSA) is 46.2 Å². The maximum absolute atomic E-state index is 12.4. The van der Waals surface area contributed by atoms with E-state index in [4.69, 9.17) is 0 Å². The number of sulfonamides is 1. The van der Waals surface area contributed by atoms with Crippen LogP contribution in [0.4, 0.5) is 0 Å². The highest BCUT2D eigenvalue weighted by molar-refractivity contribution is 7.89. The van der Waals surface area contributed by atoms with E-state index in [1.165, 1.54) is 0 Å². The van der Waals surface area contributed by atoms with Gasteiger partial charge >= 0.3 is 0 Å². The molecule has 0 unspecified atom stereocenters. The first-order chi connectivity index (χ1) is 11.1. The predicted octanol–water partition coefficient (Wildman–Crippen LogP) is 4.20. The number of nitrogens with one attached hydrogen (secondary N) is 1. The van der Waals surface area contributed by atoms with Gasteiger partial charge in [0.1, 0.15) is 0 Å². The van der Waals surface area contributed by atoms with Gasteiger partial charge in [-0.05, 0) is 52.6 Å². The molecule has 1 heterocycles. The summed E-state index contributed by atoms with van der Waals surface area (Å²) in [6.45, 7) is 2.20. The van der Waals surface area contributed by atoms with E-state index in [2.05, 4.69) is 10.1 Å². The van der Waals surface area contributed by atoms with E-state index in [1.54, 1.807) is 35.6 Å². The summed E-state index contributed by atoms with van der Waals surface area (Å²) >= 11 is 1.63. The van der Waals surface area contributed by atoms with Crippen LogP contribution in [0.15, 0.2) is 70.3 Å². The number of hydrogen-bond donors (Lipinski definition) is 1. The third-order valence-corrected chi connectivity index (χ3v) is 5.73. The van der Waals surface area contributed by atoms with Crippen molar-refractivity contribution in [2.45, 2.75) is 18.4 Å². The van der Waals surface area contributed by atoms with E-state index < -0.39 is 10.0 Å². The molecule has 23 heavy (non-hydrogen) atoms. The molecule has 3 rings (SSSR count). The van der Waals surface area contributed by atoms with E-state index in [9.17, 15) is 8.42 Å². The number of thiophene rings is 1. The molecule has 0 aliphatic rings. The summed E-state index contributed by atoms with van der Waals surface area (Å²) in [7, 11) is -3.51. The Labute approximate surface area is 140 Å². The molecule has 118 valence electrons. The van der Waals surface area contributed by atoms with Crippen molar-refractivity contribution < 1.29 is 8.42 Å². The van der Waals surface area contributed by atoms with E-state index in [1.807, 2.05) is 42.6 Å². The Bertz CT molecular complexity index is 883. The molecular formula is C18H17NO2S2. The molecule has 0 radical (unpaired) electrons. The summed E-state index contributed by atoms with van der Waals surface area (Å²) in [5.41, 5.74) is 4.16. The van der Waals surface area contributed by atoms with Gasteiger partial charge in [-0.3, -0.25) is 0 Å². The zero-order valence-electron chi connectivity index (χ0n) is 12.7. The summed E-state index contributed by atoms with van der Waals surface area (Å²) in [6, 6.07) is 16.7. The van der Waals surface area contributed by atoms with Gasteiger partial charge in [-0.15, -0.1) is 0 Å². The minimum absolute atomic E-state index is 0.266. The molecule has 1 aromatic heterocycles. The minimum atomic E-state index is -3.51. The molecule has 3 aromatic rings. The van der Waals surface area contributed by atoms with Crippen LogP contribution in [0.3, 0.4) is 0 Å². The van der Waals surface area contributed by atoms with Crippen LogP contribution in [0, 0.1) is 6.92 Å². The molecule has 0 fully saturated rings. The maximum Gasteiger partial charge on any atom is 0.240 e. The van der Waals surface area contributed by atoms with Crippen molar-refractivity contribution in [2.24, 2.45) is 0 Å². The zero-order valence-corrected chi connectivity index (χ0v) is 14.3. The standard InChI is InChI=1S/C18H17NO2S2/c1-14-6-8-17(9-7-14)23(20,21)19-12-15-4-2-3-5-18(15)16-10-11-22-13-16/h2-11,13,19H,12H2,1H3. The second-order valence-electron chi connectivity index (χ2n) is 5.31. The van der Waals surface area contributed by atoms with Gasteiger partial charge in [-0.1, -0.05) is 42.0 Å². The van der Waals surface area contributed by atoms with Crippen LogP contribution in [-0.4, -0.2) is 8.42 Å². The lowest BCUT2D eigenvalue weighted by Gasteiger charge is -2.10. The van der Waals surface area contributed by atoms with Crippen molar-refractivity contribution in [3.8, 4) is 11.1 Å². The van der Waals surface area contributed by atoms with E-state index in [-0.39, 0.29) is 11.4 Å². The van der Waals surface area contributed by atoms with Crippen molar-refractivity contribution >= 4 is 21.4 Å². The Hall–Kier alpha value is -1.95. The van der Waals surface area contributed by atoms with Gasteiger partial charge in [0.15, 0.2) is 0 Å². The molecule has 0 saturated heterocycles. The molecule has 0 bridgehead atoms. The quantitative estimate of drug-likeness (QED) is 0.754. The summed E-state index contributed by atoms with van der Waals surface area (Å²) in [5.74, 6) is 0. The Morgan fingerprint density at radius 2 is 1.74 bits per heavy atom. The highest BCUT2D eigenvalue weighted by Gasteiger charge is 2.14. The van der Waals surface area contributed by atoms with Crippen LogP contribution in [0.5, 0.6) is 0 Å². The summed E-state index contributed by atoms with van der Waals surface area (Å²) in [4.78, 5) is 0.288. The number of benzene rings is 2. The molecule has 0 amide bonds. The van der Waals surface area contributed by atoms with Gasteiger partial charge in [-0.2, -0.15) is 11.3 Å². The molecule has 3 nitrogen and oxygen atoms in total. The summed E-state index contributed by atoms with van der Waals surface area (Å²) in [5, 5.41) is 4.08. The zero-order chi connectivity index (χ0) is 16.3. The van der Waals surface area contributed by atoms with Crippen molar-refractivity contribution in [3.05, 3.63) is 76.5 Å². The molecule has 2 aromatic carbocycles. The van der Waals surface area contributed by atoms with Gasteiger partial charge in [0.25, 0.3) is 0 Å². The van der Waals surface area contributed by atoms with Gasteiger partial charge in [-0.25, -0.2) is 13.1 Å². The van der Waals surface area contributed by atoms with Crippen molar-refractivity contribution in [2.75, 3.05) is 0 Å². The first-order valence-corrected chi connectivity index (χ1v) is 9.66. The van der Waals surface area contributed by atoms with Crippen LogP contribution < -0.4 is 4.72 Å². The molecule has 0 aliphatic carbocycles. The highest BCUT2D eigenvalue weighted by atomic mass is 32.2. The van der Waals surface area contributed by atoms with E-state index in [0.29, 0.717) is 0 Å². The number of hydrogen-bond acceptors (Lipinski definition) is 3. The van der Waals surface area contributed by atoms with Crippen LogP contribution in [0.2, 0.25) is 0 Å². The average Bonchev–Trinajstić information content (AvgIpc) is 3.08. The largest absolute Gasteiger partial charge is 0.240 e. The average molecular weight is 343 g/mol. The van der Waals surface area contributed by atoms with Crippen LogP contribution in [-0.2, 0) is 16.6 Å². The minimum Gasteiger partial charge on any atom is -0.207 e. The molecule has 5 heteroatoms. The van der Waals surface area contributed by atoms with E-state index >= 15 is 0 Å². The molecule has 1 N–H and O–H groups in total. The fraction of sp³-hybridized carbons (Fsp3) is 0.111. The molecule has 0 aliphatic heterocycles. The molecule has 0 atom stereocenters. The number of rotatable bonds is 5. The highest BCUT2D eigenvalue weighted by Crippen LogP contribution is 2.26. The van der Waals surface area contributed by atoms with Crippen molar-refractivity contribution in [1.29, 1.82) is 0 Å². The molecule has 0 saturated carbocycles. The number of aryl methyl sites for hydroxylation is 1. The van der Waals surface area contributed by atoms with E-state index in [0.717, 1.165) is 22.3 Å². The predicted molar refractivity (Wildman–Crippen MR) is 95.0 cm³/mol. The maximum atomic E-state index is 12.4. The SMILES string of the molecule is Cc1ccc(S(=O)(=O)NCc2ccccc2-c2ccsc2)cc1. The monoisotopic (exact) mass is 343 g/mol. The molecular weight excluding hydrogens is 326 g/mol. The van der Waals surface area contributed by atoms with Crippen LogP contribution in [0.25, 0.3) is 11.1 Å². The summed E-state index contributed by atoms with van der Waals surface area (Å²) in [6.07, 6.45) is 0. The lowest BCUT2D eigenvalue weighted by molar-refractivity contribution is 0.581. The first kappa shape index (κ1) is 15.9. The second kappa shape index (κ2) is 6.66. The lowest BCUT2D eigenvalue weighted by atomic mass is 10.0. The second-order valence-corrected chi connectivity index (χ2v) is 7.85.